The summed E-state index contributed by atoms with van der Waals surface area (Å²) in [5, 5.41) is 0.567. The molecule has 0 spiro atoms. The number of ether oxygens (including phenoxy) is 1. The summed E-state index contributed by atoms with van der Waals surface area (Å²) in [4.78, 5) is 39.2. The highest BCUT2D eigenvalue weighted by Crippen LogP contribution is 2.53. The number of nitrogens with zero attached hydrogens (tertiary/aromatic N) is 1. The number of rotatable bonds is 5. The van der Waals surface area contributed by atoms with E-state index in [1.807, 2.05) is 0 Å². The van der Waals surface area contributed by atoms with E-state index in [1.165, 1.54) is 4.90 Å². The smallest absolute Gasteiger partial charge is 0.238 e. The van der Waals surface area contributed by atoms with Gasteiger partial charge in [0.25, 0.3) is 0 Å². The molecule has 4 atom stereocenters. The molecule has 2 fully saturated rings. The molecule has 2 amide bonds. The van der Waals surface area contributed by atoms with E-state index in [4.69, 9.17) is 16.3 Å². The topological polar surface area (TPSA) is 63.7 Å². The van der Waals surface area contributed by atoms with Gasteiger partial charge in [0.15, 0.2) is 12.4 Å². The number of fused-ring (bicyclic) bond motifs is 5. The van der Waals surface area contributed by atoms with Gasteiger partial charge in [0.2, 0.25) is 11.8 Å². The molecule has 0 unspecified atom stereocenters. The fourth-order valence-corrected chi connectivity index (χ4v) is 4.84. The van der Waals surface area contributed by atoms with Crippen LogP contribution in [0.15, 0.2) is 60.7 Å². The second kappa shape index (κ2) is 6.85. The first kappa shape index (κ1) is 18.1. The lowest BCUT2D eigenvalue weighted by molar-refractivity contribution is -0.123. The van der Waals surface area contributed by atoms with Gasteiger partial charge in [-0.1, -0.05) is 23.8 Å². The number of anilines is 1. The highest BCUT2D eigenvalue weighted by molar-refractivity contribution is 6.30. The maximum Gasteiger partial charge on any atom is 0.238 e. The first-order chi connectivity index (χ1) is 14.0. The van der Waals surface area contributed by atoms with Gasteiger partial charge in [-0.2, -0.15) is 0 Å². The van der Waals surface area contributed by atoms with Crippen molar-refractivity contribution in [2.24, 2.45) is 23.7 Å². The van der Waals surface area contributed by atoms with E-state index >= 15 is 0 Å². The van der Waals surface area contributed by atoms with E-state index in [2.05, 4.69) is 12.2 Å². The van der Waals surface area contributed by atoms with Crippen molar-refractivity contribution < 1.29 is 19.1 Å². The van der Waals surface area contributed by atoms with E-state index < -0.39 is 0 Å². The van der Waals surface area contributed by atoms with Gasteiger partial charge in [-0.25, -0.2) is 0 Å². The SMILES string of the molecule is O=C(COc1ccc(N2C(=O)[C@H]3[C@H](C2=O)[C@H]2C=C[C@H]3C2)cc1)c1ccc(Cl)cc1. The summed E-state index contributed by atoms with van der Waals surface area (Å²) in [6.45, 7) is -0.109. The minimum Gasteiger partial charge on any atom is -0.485 e. The molecule has 0 aromatic heterocycles. The molecule has 1 saturated heterocycles. The largest absolute Gasteiger partial charge is 0.485 e. The Morgan fingerprint density at radius 3 is 2.10 bits per heavy atom. The highest BCUT2D eigenvalue weighted by atomic mass is 35.5. The number of amides is 2. The summed E-state index contributed by atoms with van der Waals surface area (Å²) < 4.78 is 5.56. The number of hydrogen-bond donors (Lipinski definition) is 0. The quantitative estimate of drug-likeness (QED) is 0.428. The van der Waals surface area contributed by atoms with Crippen LogP contribution in [-0.4, -0.2) is 24.2 Å². The second-order valence-electron chi connectivity index (χ2n) is 7.72. The Labute approximate surface area is 172 Å². The van der Waals surface area contributed by atoms with Crippen LogP contribution in [0, 0.1) is 23.7 Å². The molecule has 146 valence electrons. The number of carbonyl (C=O) groups is 3. The van der Waals surface area contributed by atoms with Gasteiger partial charge in [-0.3, -0.25) is 19.3 Å². The van der Waals surface area contributed by atoms with Crippen molar-refractivity contribution in [2.75, 3.05) is 11.5 Å². The Morgan fingerprint density at radius 1 is 0.931 bits per heavy atom. The van der Waals surface area contributed by atoms with Gasteiger partial charge >= 0.3 is 0 Å². The van der Waals surface area contributed by atoms with Crippen LogP contribution in [0.25, 0.3) is 0 Å². The molecule has 6 heteroatoms. The van der Waals surface area contributed by atoms with Crippen LogP contribution in [0.4, 0.5) is 5.69 Å². The lowest BCUT2D eigenvalue weighted by Crippen LogP contribution is -2.32. The third-order valence-corrected chi connectivity index (χ3v) is 6.35. The number of Topliss-reactive ketones (excluding diaryl/α,β-unsaturated/α-hetero) is 1. The van der Waals surface area contributed by atoms with Gasteiger partial charge < -0.3 is 4.74 Å². The van der Waals surface area contributed by atoms with Crippen LogP contribution in [0.5, 0.6) is 5.75 Å². The van der Waals surface area contributed by atoms with Gasteiger partial charge in [-0.15, -0.1) is 0 Å². The third-order valence-electron chi connectivity index (χ3n) is 6.10. The average molecular weight is 408 g/mol. The molecule has 29 heavy (non-hydrogen) atoms. The summed E-state index contributed by atoms with van der Waals surface area (Å²) in [5.41, 5.74) is 1.07. The first-order valence-electron chi connectivity index (χ1n) is 9.61. The molecule has 2 aromatic carbocycles. The molecule has 5 rings (SSSR count). The normalized spacial score (nSPS) is 26.9. The number of imide groups is 1. The predicted molar refractivity (Wildman–Crippen MR) is 108 cm³/mol. The van der Waals surface area contributed by atoms with Crippen molar-refractivity contribution in [2.45, 2.75) is 6.42 Å². The van der Waals surface area contributed by atoms with Gasteiger partial charge in [-0.05, 0) is 66.8 Å². The monoisotopic (exact) mass is 407 g/mol. The maximum atomic E-state index is 12.9. The molecule has 5 nitrogen and oxygen atoms in total. The van der Waals surface area contributed by atoms with E-state index in [0.717, 1.165) is 6.42 Å². The molecular formula is C23H18ClNO4. The van der Waals surface area contributed by atoms with Crippen molar-refractivity contribution in [3.05, 3.63) is 71.3 Å². The molecule has 3 aliphatic rings. The molecule has 2 aromatic rings. The van der Waals surface area contributed by atoms with Crippen LogP contribution in [-0.2, 0) is 9.59 Å². The Hall–Kier alpha value is -2.92. The van der Waals surface area contributed by atoms with Crippen LogP contribution in [0.1, 0.15) is 16.8 Å². The molecule has 1 saturated carbocycles. The molecule has 0 radical (unpaired) electrons. The minimum atomic E-state index is -0.217. The predicted octanol–water partition coefficient (Wildman–Crippen LogP) is 3.91. The summed E-state index contributed by atoms with van der Waals surface area (Å²) in [5.74, 6) is 0.0621. The van der Waals surface area contributed by atoms with Crippen LogP contribution in [0.2, 0.25) is 5.02 Å². The zero-order valence-corrected chi connectivity index (χ0v) is 16.2. The van der Waals surface area contributed by atoms with Crippen molar-refractivity contribution in [3.8, 4) is 5.75 Å². The van der Waals surface area contributed by atoms with Gasteiger partial charge in [0.1, 0.15) is 5.75 Å². The Morgan fingerprint density at radius 2 is 1.52 bits per heavy atom. The van der Waals surface area contributed by atoms with Gasteiger partial charge in [0.05, 0.1) is 17.5 Å². The first-order valence-corrected chi connectivity index (χ1v) is 9.98. The molecular weight excluding hydrogens is 390 g/mol. The zero-order valence-electron chi connectivity index (χ0n) is 15.5. The maximum absolute atomic E-state index is 12.9. The van der Waals surface area contributed by atoms with Crippen molar-refractivity contribution in [3.63, 3.8) is 0 Å². The average Bonchev–Trinajstić information content (AvgIpc) is 3.41. The number of carbonyl (C=O) groups excluding carboxylic acids is 3. The zero-order chi connectivity index (χ0) is 20.1. The lowest BCUT2D eigenvalue weighted by Gasteiger charge is -2.17. The summed E-state index contributed by atoms with van der Waals surface area (Å²) in [6.07, 6.45) is 5.07. The second-order valence-corrected chi connectivity index (χ2v) is 8.16. The molecule has 0 N–H and O–H groups in total. The molecule has 2 bridgehead atoms. The number of halogens is 1. The van der Waals surface area contributed by atoms with Crippen molar-refractivity contribution >= 4 is 34.9 Å². The minimum absolute atomic E-state index is 0.108. The fraction of sp³-hybridized carbons (Fsp3) is 0.261. The summed E-state index contributed by atoms with van der Waals surface area (Å²) in [6, 6.07) is 13.3. The van der Waals surface area contributed by atoms with Crippen molar-refractivity contribution in [1.29, 1.82) is 0 Å². The summed E-state index contributed by atoms with van der Waals surface area (Å²) in [7, 11) is 0. The highest BCUT2D eigenvalue weighted by Gasteiger charge is 2.59. The van der Waals surface area contributed by atoms with Crippen LogP contribution < -0.4 is 9.64 Å². The number of hydrogen-bond acceptors (Lipinski definition) is 4. The fourth-order valence-electron chi connectivity index (χ4n) is 4.72. The number of ketones is 1. The van der Waals surface area contributed by atoms with Crippen LogP contribution in [0.3, 0.4) is 0 Å². The number of benzene rings is 2. The lowest BCUT2D eigenvalue weighted by atomic mass is 9.85. The molecule has 2 aliphatic carbocycles. The summed E-state index contributed by atoms with van der Waals surface area (Å²) >= 11 is 5.83. The van der Waals surface area contributed by atoms with E-state index in [1.54, 1.807) is 48.5 Å². The van der Waals surface area contributed by atoms with Gasteiger partial charge in [0, 0.05) is 10.6 Å². The molecule has 1 aliphatic heterocycles. The standard InChI is InChI=1S/C23H18ClNO4/c24-16-5-3-13(4-6-16)19(26)12-29-18-9-7-17(8-10-18)25-22(27)20-14-1-2-15(11-14)21(20)23(25)28/h1-10,14-15,20-21H,11-12H2/t14-,15-,20+,21+/m0/s1. The Kier molecular flexibility index (Phi) is 4.28. The van der Waals surface area contributed by atoms with Crippen LogP contribution >= 0.6 is 11.6 Å². The van der Waals surface area contributed by atoms with E-state index in [-0.39, 0.29) is 47.9 Å². The third kappa shape index (κ3) is 2.97. The van der Waals surface area contributed by atoms with Crippen molar-refractivity contribution in [1.82, 2.24) is 0 Å². The molecule has 1 heterocycles. The van der Waals surface area contributed by atoms with E-state index in [9.17, 15) is 14.4 Å². The van der Waals surface area contributed by atoms with E-state index in [0.29, 0.717) is 22.0 Å². The number of allylic oxidation sites excluding steroid dienone is 2. The Balaban J connectivity index is 1.26. The Bertz CT molecular complexity index is 998.